The second-order valence-electron chi connectivity index (χ2n) is 5.91. The Labute approximate surface area is 159 Å². The standard InChI is InChI=1S/C18H17ClN2O4S/c1-18(2,16(22)21-23-3)25-13-7-5-12(6-8-13)24-17-20-14-9-4-11(19)10-15(14)26-17/h4-10H,1-3H3,(H,21,22). The van der Waals surface area contributed by atoms with Crippen molar-refractivity contribution >= 4 is 39.1 Å². The summed E-state index contributed by atoms with van der Waals surface area (Å²) in [5.74, 6) is 0.764. The van der Waals surface area contributed by atoms with Gasteiger partial charge >= 0.3 is 0 Å². The van der Waals surface area contributed by atoms with E-state index < -0.39 is 5.60 Å². The van der Waals surface area contributed by atoms with E-state index in [1.165, 1.54) is 18.4 Å². The lowest BCUT2D eigenvalue weighted by atomic mass is 10.1. The zero-order valence-corrected chi connectivity index (χ0v) is 16.0. The molecular formula is C18H17ClN2O4S. The monoisotopic (exact) mass is 392 g/mol. The van der Waals surface area contributed by atoms with Crippen LogP contribution in [-0.2, 0) is 9.63 Å². The maximum atomic E-state index is 11.9. The Bertz CT molecular complexity index is 925. The maximum absolute atomic E-state index is 11.9. The van der Waals surface area contributed by atoms with Crippen molar-refractivity contribution in [3.63, 3.8) is 0 Å². The van der Waals surface area contributed by atoms with E-state index in [1.54, 1.807) is 44.2 Å². The van der Waals surface area contributed by atoms with Gasteiger partial charge in [0, 0.05) is 5.02 Å². The molecule has 1 heterocycles. The number of rotatable bonds is 6. The van der Waals surface area contributed by atoms with E-state index in [2.05, 4.69) is 15.3 Å². The van der Waals surface area contributed by atoms with Crippen molar-refractivity contribution in [1.29, 1.82) is 0 Å². The van der Waals surface area contributed by atoms with Gasteiger partial charge in [-0.3, -0.25) is 9.63 Å². The van der Waals surface area contributed by atoms with Crippen molar-refractivity contribution in [3.05, 3.63) is 47.5 Å². The Kier molecular flexibility index (Phi) is 5.31. The number of benzene rings is 2. The largest absolute Gasteiger partial charge is 0.478 e. The van der Waals surface area contributed by atoms with Gasteiger partial charge in [-0.1, -0.05) is 22.9 Å². The van der Waals surface area contributed by atoms with Gasteiger partial charge in [-0.05, 0) is 56.3 Å². The number of hydroxylamine groups is 1. The van der Waals surface area contributed by atoms with Gasteiger partial charge in [0.15, 0.2) is 5.60 Å². The fraction of sp³-hybridized carbons (Fsp3) is 0.222. The minimum absolute atomic E-state index is 0.381. The summed E-state index contributed by atoms with van der Waals surface area (Å²) in [5, 5.41) is 1.19. The van der Waals surface area contributed by atoms with E-state index in [0.717, 1.165) is 10.2 Å². The Morgan fingerprint density at radius 1 is 1.15 bits per heavy atom. The second-order valence-corrected chi connectivity index (χ2v) is 7.34. The molecule has 2 aromatic carbocycles. The molecule has 3 aromatic rings. The molecule has 26 heavy (non-hydrogen) atoms. The SMILES string of the molecule is CONC(=O)C(C)(C)Oc1ccc(Oc2nc3ccc(Cl)cc3s2)cc1. The zero-order chi connectivity index (χ0) is 18.7. The van der Waals surface area contributed by atoms with Crippen LogP contribution >= 0.6 is 22.9 Å². The molecule has 0 bridgehead atoms. The number of fused-ring (bicyclic) bond motifs is 1. The van der Waals surface area contributed by atoms with Gasteiger partial charge in [-0.2, -0.15) is 0 Å². The van der Waals surface area contributed by atoms with Gasteiger partial charge in [0.1, 0.15) is 11.5 Å². The predicted molar refractivity (Wildman–Crippen MR) is 101 cm³/mol. The van der Waals surface area contributed by atoms with Crippen molar-refractivity contribution in [2.45, 2.75) is 19.4 Å². The first-order valence-corrected chi connectivity index (χ1v) is 8.93. The highest BCUT2D eigenvalue weighted by atomic mass is 35.5. The summed E-state index contributed by atoms with van der Waals surface area (Å²) in [4.78, 5) is 20.9. The quantitative estimate of drug-likeness (QED) is 0.622. The number of carbonyl (C=O) groups is 1. The van der Waals surface area contributed by atoms with Crippen LogP contribution in [-0.4, -0.2) is 23.6 Å². The number of carbonyl (C=O) groups excluding carboxylic acids is 1. The van der Waals surface area contributed by atoms with Crippen LogP contribution in [0.4, 0.5) is 0 Å². The Morgan fingerprint density at radius 2 is 1.85 bits per heavy atom. The average Bonchev–Trinajstić information content (AvgIpc) is 2.98. The molecular weight excluding hydrogens is 376 g/mol. The molecule has 8 heteroatoms. The number of ether oxygens (including phenoxy) is 2. The van der Waals surface area contributed by atoms with Gasteiger partial charge in [0.05, 0.1) is 17.3 Å². The fourth-order valence-electron chi connectivity index (χ4n) is 2.15. The molecule has 3 rings (SSSR count). The van der Waals surface area contributed by atoms with Crippen LogP contribution in [0.3, 0.4) is 0 Å². The van der Waals surface area contributed by atoms with Crippen molar-refractivity contribution in [2.75, 3.05) is 7.11 Å². The number of amides is 1. The van der Waals surface area contributed by atoms with Crippen molar-refractivity contribution in [1.82, 2.24) is 10.5 Å². The van der Waals surface area contributed by atoms with Gasteiger partial charge < -0.3 is 9.47 Å². The van der Waals surface area contributed by atoms with Crippen LogP contribution in [0.25, 0.3) is 10.2 Å². The molecule has 0 aliphatic rings. The summed E-state index contributed by atoms with van der Waals surface area (Å²) in [7, 11) is 1.37. The maximum Gasteiger partial charge on any atom is 0.287 e. The number of halogens is 1. The van der Waals surface area contributed by atoms with Crippen molar-refractivity contribution < 1.29 is 19.1 Å². The average molecular weight is 393 g/mol. The number of hydrogen-bond acceptors (Lipinski definition) is 6. The summed E-state index contributed by atoms with van der Waals surface area (Å²) in [5.41, 5.74) is 2.02. The third-order valence-electron chi connectivity index (χ3n) is 3.47. The number of nitrogens with zero attached hydrogens (tertiary/aromatic N) is 1. The molecule has 0 saturated heterocycles. The first-order chi connectivity index (χ1) is 12.4. The molecule has 0 atom stereocenters. The summed E-state index contributed by atoms with van der Waals surface area (Å²) in [6, 6.07) is 12.4. The molecule has 1 aromatic heterocycles. The van der Waals surface area contributed by atoms with E-state index in [0.29, 0.717) is 21.7 Å². The van der Waals surface area contributed by atoms with Crippen LogP contribution in [0, 0.1) is 0 Å². The topological polar surface area (TPSA) is 69.7 Å². The van der Waals surface area contributed by atoms with E-state index in [1.807, 2.05) is 12.1 Å². The molecule has 0 unspecified atom stereocenters. The van der Waals surface area contributed by atoms with Crippen LogP contribution in [0.1, 0.15) is 13.8 Å². The number of aromatic nitrogens is 1. The minimum Gasteiger partial charge on any atom is -0.478 e. The summed E-state index contributed by atoms with van der Waals surface area (Å²) >= 11 is 7.40. The van der Waals surface area contributed by atoms with Crippen LogP contribution in [0.2, 0.25) is 5.02 Å². The first-order valence-electron chi connectivity index (χ1n) is 7.74. The molecule has 0 radical (unpaired) electrons. The lowest BCUT2D eigenvalue weighted by Crippen LogP contribution is -2.46. The van der Waals surface area contributed by atoms with Gasteiger partial charge in [0.25, 0.3) is 11.1 Å². The second kappa shape index (κ2) is 7.49. The molecule has 0 fully saturated rings. The van der Waals surface area contributed by atoms with Crippen LogP contribution in [0.5, 0.6) is 16.7 Å². The Hall–Kier alpha value is -2.35. The van der Waals surface area contributed by atoms with E-state index >= 15 is 0 Å². The van der Waals surface area contributed by atoms with E-state index in [9.17, 15) is 4.79 Å². The van der Waals surface area contributed by atoms with Crippen LogP contribution in [0.15, 0.2) is 42.5 Å². The lowest BCUT2D eigenvalue weighted by Gasteiger charge is -2.24. The Balaban J connectivity index is 1.69. The first kappa shape index (κ1) is 18.4. The molecule has 0 aliphatic carbocycles. The smallest absolute Gasteiger partial charge is 0.287 e. The predicted octanol–water partition coefficient (Wildman–Crippen LogP) is 4.58. The highest BCUT2D eigenvalue weighted by Crippen LogP contribution is 2.33. The van der Waals surface area contributed by atoms with Gasteiger partial charge in [-0.15, -0.1) is 0 Å². The van der Waals surface area contributed by atoms with Gasteiger partial charge in [0.2, 0.25) is 0 Å². The highest BCUT2D eigenvalue weighted by molar-refractivity contribution is 7.20. The fourth-order valence-corrected chi connectivity index (χ4v) is 3.27. The number of hydrogen-bond donors (Lipinski definition) is 1. The van der Waals surface area contributed by atoms with Crippen LogP contribution < -0.4 is 15.0 Å². The molecule has 6 nitrogen and oxygen atoms in total. The third-order valence-corrected chi connectivity index (χ3v) is 4.61. The third kappa shape index (κ3) is 4.24. The molecule has 1 amide bonds. The lowest BCUT2D eigenvalue weighted by molar-refractivity contribution is -0.145. The van der Waals surface area contributed by atoms with Crippen molar-refractivity contribution in [2.24, 2.45) is 0 Å². The molecule has 0 aliphatic heterocycles. The molecule has 136 valence electrons. The summed E-state index contributed by atoms with van der Waals surface area (Å²) < 4.78 is 12.4. The summed E-state index contributed by atoms with van der Waals surface area (Å²) in [6.07, 6.45) is 0. The zero-order valence-electron chi connectivity index (χ0n) is 14.4. The minimum atomic E-state index is -1.08. The number of nitrogens with one attached hydrogen (secondary N) is 1. The van der Waals surface area contributed by atoms with E-state index in [-0.39, 0.29) is 5.91 Å². The highest BCUT2D eigenvalue weighted by Gasteiger charge is 2.30. The van der Waals surface area contributed by atoms with Gasteiger partial charge in [-0.25, -0.2) is 10.5 Å². The molecule has 0 spiro atoms. The Morgan fingerprint density at radius 3 is 2.54 bits per heavy atom. The molecule has 1 N–H and O–H groups in total. The summed E-state index contributed by atoms with van der Waals surface area (Å²) in [6.45, 7) is 3.30. The number of thiazole rings is 1. The normalized spacial score (nSPS) is 11.4. The van der Waals surface area contributed by atoms with E-state index in [4.69, 9.17) is 21.1 Å². The van der Waals surface area contributed by atoms with Crippen molar-refractivity contribution in [3.8, 4) is 16.7 Å². The molecule has 0 saturated carbocycles.